The van der Waals surface area contributed by atoms with Crippen molar-refractivity contribution in [1.82, 2.24) is 0 Å². The van der Waals surface area contributed by atoms with E-state index in [0.717, 1.165) is 5.56 Å². The minimum absolute atomic E-state index is 0.161. The van der Waals surface area contributed by atoms with Crippen molar-refractivity contribution in [2.24, 2.45) is 5.73 Å². The number of hydrogen-bond donors (Lipinski definition) is 2. The number of carbonyl (C=O) groups is 1. The second-order valence-electron chi connectivity index (χ2n) is 4.05. The van der Waals surface area contributed by atoms with Gasteiger partial charge in [-0.05, 0) is 40.6 Å². The zero-order chi connectivity index (χ0) is 14.4. The molecule has 0 saturated carbocycles. The van der Waals surface area contributed by atoms with Crippen molar-refractivity contribution < 1.29 is 9.18 Å². The Morgan fingerprint density at radius 3 is 2.95 bits per heavy atom. The molecule has 1 aromatic carbocycles. The van der Waals surface area contributed by atoms with Gasteiger partial charge in [0.1, 0.15) is 5.82 Å². The number of amides is 1. The minimum atomic E-state index is -0.401. The predicted molar refractivity (Wildman–Crippen MR) is 79.0 cm³/mol. The molecule has 3 nitrogen and oxygen atoms in total. The first-order chi connectivity index (χ1) is 9.69. The van der Waals surface area contributed by atoms with Crippen LogP contribution in [-0.2, 0) is 11.2 Å². The van der Waals surface area contributed by atoms with Gasteiger partial charge in [0.25, 0.3) is 0 Å². The smallest absolute Gasteiger partial charge is 0.228 e. The fourth-order valence-electron chi connectivity index (χ4n) is 1.65. The zero-order valence-electron chi connectivity index (χ0n) is 10.7. The van der Waals surface area contributed by atoms with E-state index in [1.54, 1.807) is 0 Å². The number of nitrogens with two attached hydrogens (primary N) is 1. The molecule has 2 rings (SSSR count). The lowest BCUT2D eigenvalue weighted by Gasteiger charge is -2.07. The van der Waals surface area contributed by atoms with Crippen LogP contribution in [0, 0.1) is 17.7 Å². The van der Waals surface area contributed by atoms with Crippen molar-refractivity contribution >= 4 is 22.9 Å². The molecule has 0 radical (unpaired) electrons. The molecular weight excluding hydrogens is 275 g/mol. The Labute approximate surface area is 120 Å². The second kappa shape index (κ2) is 6.85. The number of hydrogen-bond acceptors (Lipinski definition) is 3. The Hall–Kier alpha value is -2.16. The molecule has 20 heavy (non-hydrogen) atoms. The Kier molecular flexibility index (Phi) is 4.88. The van der Waals surface area contributed by atoms with Crippen LogP contribution in [-0.4, -0.2) is 12.5 Å². The van der Waals surface area contributed by atoms with Gasteiger partial charge in [0, 0.05) is 0 Å². The largest absolute Gasteiger partial charge is 0.325 e. The van der Waals surface area contributed by atoms with Crippen LogP contribution >= 0.6 is 11.3 Å². The first-order valence-electron chi connectivity index (χ1n) is 5.98. The van der Waals surface area contributed by atoms with Crippen molar-refractivity contribution in [3.8, 4) is 11.8 Å². The van der Waals surface area contributed by atoms with Crippen molar-refractivity contribution in [3.05, 3.63) is 52.0 Å². The Morgan fingerprint density at radius 2 is 2.25 bits per heavy atom. The highest BCUT2D eigenvalue weighted by Gasteiger charge is 2.08. The van der Waals surface area contributed by atoms with Gasteiger partial charge in [0.05, 0.1) is 24.2 Å². The van der Waals surface area contributed by atoms with Gasteiger partial charge in [-0.2, -0.15) is 11.3 Å². The van der Waals surface area contributed by atoms with E-state index in [1.807, 2.05) is 16.8 Å². The molecule has 0 saturated heterocycles. The molecule has 0 fully saturated rings. The Balaban J connectivity index is 2.14. The van der Waals surface area contributed by atoms with Gasteiger partial charge < -0.3 is 11.1 Å². The molecule has 0 aliphatic carbocycles. The molecule has 5 heteroatoms. The highest BCUT2D eigenvalue weighted by atomic mass is 32.1. The van der Waals surface area contributed by atoms with Crippen molar-refractivity contribution in [2.75, 3.05) is 11.9 Å². The van der Waals surface area contributed by atoms with Crippen LogP contribution in [0.25, 0.3) is 0 Å². The molecule has 0 unspecified atom stereocenters. The van der Waals surface area contributed by atoms with Crippen LogP contribution in [0.4, 0.5) is 10.1 Å². The van der Waals surface area contributed by atoms with Gasteiger partial charge in [-0.25, -0.2) is 4.39 Å². The maximum absolute atomic E-state index is 13.2. The van der Waals surface area contributed by atoms with Gasteiger partial charge >= 0.3 is 0 Å². The first-order valence-corrected chi connectivity index (χ1v) is 6.92. The number of carbonyl (C=O) groups excluding carboxylic acids is 1. The summed E-state index contributed by atoms with van der Waals surface area (Å²) < 4.78 is 13.2. The Morgan fingerprint density at radius 1 is 1.40 bits per heavy atom. The lowest BCUT2D eigenvalue weighted by atomic mass is 10.1. The Bertz CT molecular complexity index is 656. The van der Waals surface area contributed by atoms with Crippen molar-refractivity contribution in [3.63, 3.8) is 0 Å². The summed E-state index contributed by atoms with van der Waals surface area (Å²) in [6, 6.07) is 5.96. The lowest BCUT2D eigenvalue weighted by Crippen LogP contribution is -2.15. The number of thiophene rings is 1. The van der Waals surface area contributed by atoms with E-state index in [4.69, 9.17) is 5.73 Å². The third-order valence-corrected chi connectivity index (χ3v) is 3.26. The summed E-state index contributed by atoms with van der Waals surface area (Å²) in [6.45, 7) is 0.179. The van der Waals surface area contributed by atoms with Gasteiger partial charge in [-0.15, -0.1) is 0 Å². The van der Waals surface area contributed by atoms with Crippen LogP contribution in [0.2, 0.25) is 0 Å². The monoisotopic (exact) mass is 288 g/mol. The van der Waals surface area contributed by atoms with E-state index < -0.39 is 5.82 Å². The van der Waals surface area contributed by atoms with E-state index in [-0.39, 0.29) is 18.9 Å². The normalized spacial score (nSPS) is 9.70. The molecule has 0 aliphatic heterocycles. The van der Waals surface area contributed by atoms with E-state index in [2.05, 4.69) is 17.2 Å². The van der Waals surface area contributed by atoms with Gasteiger partial charge in [0.15, 0.2) is 0 Å². The molecule has 1 amide bonds. The predicted octanol–water partition coefficient (Wildman–Crippen LogP) is 2.38. The number of benzene rings is 1. The fourth-order valence-corrected chi connectivity index (χ4v) is 2.32. The summed E-state index contributed by atoms with van der Waals surface area (Å²) in [5, 5.41) is 6.57. The van der Waals surface area contributed by atoms with Gasteiger partial charge in [0.2, 0.25) is 5.91 Å². The summed E-state index contributed by atoms with van der Waals surface area (Å²) in [7, 11) is 0. The molecule has 1 aromatic heterocycles. The van der Waals surface area contributed by atoms with Crippen molar-refractivity contribution in [2.45, 2.75) is 6.42 Å². The van der Waals surface area contributed by atoms with Gasteiger partial charge in [-0.3, -0.25) is 4.79 Å². The van der Waals surface area contributed by atoms with Crippen LogP contribution < -0.4 is 11.1 Å². The molecule has 0 atom stereocenters. The topological polar surface area (TPSA) is 55.1 Å². The summed E-state index contributed by atoms with van der Waals surface area (Å²) in [4.78, 5) is 11.9. The van der Waals surface area contributed by atoms with Crippen LogP contribution in [0.3, 0.4) is 0 Å². The molecule has 1 heterocycles. The lowest BCUT2D eigenvalue weighted by molar-refractivity contribution is -0.115. The van der Waals surface area contributed by atoms with Crippen LogP contribution in [0.1, 0.15) is 11.1 Å². The molecule has 0 aliphatic rings. The van der Waals surface area contributed by atoms with Crippen LogP contribution in [0.5, 0.6) is 0 Å². The SMILES string of the molecule is NCC#Cc1cc(F)ccc1NC(=O)Cc1ccsc1. The average Bonchev–Trinajstić information content (AvgIpc) is 2.91. The first kappa shape index (κ1) is 14.3. The minimum Gasteiger partial charge on any atom is -0.325 e. The quantitative estimate of drug-likeness (QED) is 0.852. The molecule has 2 aromatic rings. The molecule has 3 N–H and O–H groups in total. The van der Waals surface area contributed by atoms with Crippen molar-refractivity contribution in [1.29, 1.82) is 0 Å². The summed E-state index contributed by atoms with van der Waals surface area (Å²) in [5.74, 6) is 4.84. The number of anilines is 1. The molecule has 102 valence electrons. The second-order valence-corrected chi connectivity index (χ2v) is 4.83. The maximum Gasteiger partial charge on any atom is 0.228 e. The zero-order valence-corrected chi connectivity index (χ0v) is 11.5. The standard InChI is InChI=1S/C15H13FN2OS/c16-13-3-4-14(12(9-13)2-1-6-17)18-15(19)8-11-5-7-20-10-11/h3-5,7,9-10H,6,8,17H2,(H,18,19). The number of rotatable bonds is 3. The molecule has 0 bridgehead atoms. The fraction of sp³-hybridized carbons (Fsp3) is 0.133. The summed E-state index contributed by atoms with van der Waals surface area (Å²) >= 11 is 1.54. The van der Waals surface area contributed by atoms with Gasteiger partial charge in [-0.1, -0.05) is 11.8 Å². The van der Waals surface area contributed by atoms with E-state index in [9.17, 15) is 9.18 Å². The highest BCUT2D eigenvalue weighted by molar-refractivity contribution is 7.08. The summed E-state index contributed by atoms with van der Waals surface area (Å²) in [5.41, 5.74) is 7.17. The van der Waals surface area contributed by atoms with E-state index in [0.29, 0.717) is 11.3 Å². The maximum atomic E-state index is 13.2. The number of halogens is 1. The van der Waals surface area contributed by atoms with E-state index >= 15 is 0 Å². The third-order valence-electron chi connectivity index (χ3n) is 2.53. The molecular formula is C15H13FN2OS. The van der Waals surface area contributed by atoms with Crippen LogP contribution in [0.15, 0.2) is 35.0 Å². The number of nitrogens with one attached hydrogen (secondary N) is 1. The highest BCUT2D eigenvalue weighted by Crippen LogP contribution is 2.17. The average molecular weight is 288 g/mol. The van der Waals surface area contributed by atoms with E-state index in [1.165, 1.54) is 29.5 Å². The summed E-state index contributed by atoms with van der Waals surface area (Å²) in [6.07, 6.45) is 0.282. The molecule has 0 spiro atoms. The third kappa shape index (κ3) is 3.92.